The summed E-state index contributed by atoms with van der Waals surface area (Å²) in [6.07, 6.45) is 5.83. The molecule has 0 saturated heterocycles. The van der Waals surface area contributed by atoms with Gasteiger partial charge in [0.2, 0.25) is 0 Å². The zero-order valence-electron chi connectivity index (χ0n) is 9.22. The van der Waals surface area contributed by atoms with E-state index in [1.165, 1.54) is 31.4 Å². The third-order valence-corrected chi connectivity index (χ3v) is 2.21. The van der Waals surface area contributed by atoms with E-state index >= 15 is 0 Å². The van der Waals surface area contributed by atoms with Gasteiger partial charge in [-0.2, -0.15) is 0 Å². The van der Waals surface area contributed by atoms with E-state index in [1.54, 1.807) is 6.07 Å². The highest BCUT2D eigenvalue weighted by atomic mass is 19.1. The maximum absolute atomic E-state index is 12.8. The molecule has 0 nitrogen and oxygen atoms in total. The van der Waals surface area contributed by atoms with Crippen molar-refractivity contribution >= 4 is 0 Å². The van der Waals surface area contributed by atoms with Gasteiger partial charge in [-0.3, -0.25) is 0 Å². The molecule has 80 valence electrons. The highest BCUT2D eigenvalue weighted by Crippen LogP contribution is 2.03. The Labute approximate surface area is 91.5 Å². The van der Waals surface area contributed by atoms with Crippen molar-refractivity contribution in [2.75, 3.05) is 0 Å². The minimum atomic E-state index is -0.215. The minimum absolute atomic E-state index is 0.215. The monoisotopic (exact) mass is 204 g/mol. The van der Waals surface area contributed by atoms with Crippen molar-refractivity contribution in [2.45, 2.75) is 39.0 Å². The van der Waals surface area contributed by atoms with Gasteiger partial charge in [0.05, 0.1) is 0 Å². The summed E-state index contributed by atoms with van der Waals surface area (Å²) >= 11 is 0. The van der Waals surface area contributed by atoms with Crippen molar-refractivity contribution in [3.05, 3.63) is 35.6 Å². The van der Waals surface area contributed by atoms with Crippen molar-refractivity contribution in [1.82, 2.24) is 0 Å². The lowest BCUT2D eigenvalue weighted by Gasteiger charge is -1.92. The summed E-state index contributed by atoms with van der Waals surface area (Å²) in [4.78, 5) is 0. The SMILES string of the molecule is CCCCCCC#Cc1cccc(F)c1. The average Bonchev–Trinajstić information content (AvgIpc) is 2.23. The maximum Gasteiger partial charge on any atom is 0.124 e. The third kappa shape index (κ3) is 5.22. The van der Waals surface area contributed by atoms with E-state index in [0.29, 0.717) is 0 Å². The van der Waals surface area contributed by atoms with E-state index in [0.717, 1.165) is 18.4 Å². The molecule has 1 aromatic carbocycles. The third-order valence-electron chi connectivity index (χ3n) is 2.21. The second kappa shape index (κ2) is 7.06. The van der Waals surface area contributed by atoms with Gasteiger partial charge in [-0.05, 0) is 24.6 Å². The normalized spacial score (nSPS) is 9.47. The molecule has 0 amide bonds. The lowest BCUT2D eigenvalue weighted by molar-refractivity contribution is 0.627. The van der Waals surface area contributed by atoms with Crippen LogP contribution >= 0.6 is 0 Å². The molecule has 0 aliphatic carbocycles. The van der Waals surface area contributed by atoms with Crippen LogP contribution in [-0.4, -0.2) is 0 Å². The number of benzene rings is 1. The molecular weight excluding hydrogens is 187 g/mol. The molecule has 0 aliphatic rings. The fourth-order valence-electron chi connectivity index (χ4n) is 1.37. The van der Waals surface area contributed by atoms with Crippen LogP contribution in [0, 0.1) is 17.7 Å². The smallest absolute Gasteiger partial charge is 0.124 e. The van der Waals surface area contributed by atoms with Crippen molar-refractivity contribution in [3.63, 3.8) is 0 Å². The second-order valence-corrected chi connectivity index (χ2v) is 3.62. The lowest BCUT2D eigenvalue weighted by Crippen LogP contribution is -1.78. The average molecular weight is 204 g/mol. The highest BCUT2D eigenvalue weighted by Gasteiger charge is 1.89. The molecule has 0 unspecified atom stereocenters. The molecular formula is C14H17F. The quantitative estimate of drug-likeness (QED) is 0.510. The van der Waals surface area contributed by atoms with Gasteiger partial charge >= 0.3 is 0 Å². The maximum atomic E-state index is 12.8. The van der Waals surface area contributed by atoms with Crippen LogP contribution in [0.15, 0.2) is 24.3 Å². The van der Waals surface area contributed by atoms with Gasteiger partial charge in [-0.25, -0.2) is 4.39 Å². The highest BCUT2D eigenvalue weighted by molar-refractivity contribution is 5.34. The summed E-state index contributed by atoms with van der Waals surface area (Å²) in [6, 6.07) is 6.43. The number of rotatable bonds is 4. The molecule has 1 rings (SSSR count). The van der Waals surface area contributed by atoms with Crippen molar-refractivity contribution < 1.29 is 4.39 Å². The van der Waals surface area contributed by atoms with Crippen LogP contribution in [0.1, 0.15) is 44.6 Å². The Morgan fingerprint density at radius 1 is 1.20 bits per heavy atom. The zero-order chi connectivity index (χ0) is 10.9. The van der Waals surface area contributed by atoms with Gasteiger partial charge in [0.15, 0.2) is 0 Å². The van der Waals surface area contributed by atoms with Gasteiger partial charge in [0, 0.05) is 12.0 Å². The molecule has 0 aromatic heterocycles. The Balaban J connectivity index is 2.32. The van der Waals surface area contributed by atoms with E-state index in [9.17, 15) is 4.39 Å². The molecule has 15 heavy (non-hydrogen) atoms. The summed E-state index contributed by atoms with van der Waals surface area (Å²) < 4.78 is 12.8. The van der Waals surface area contributed by atoms with Crippen LogP contribution in [0.5, 0.6) is 0 Å². The first-order chi connectivity index (χ1) is 7.33. The van der Waals surface area contributed by atoms with E-state index in [-0.39, 0.29) is 5.82 Å². The van der Waals surface area contributed by atoms with Gasteiger partial charge in [0.25, 0.3) is 0 Å². The van der Waals surface area contributed by atoms with E-state index in [2.05, 4.69) is 18.8 Å². The Hall–Kier alpha value is -1.29. The first-order valence-corrected chi connectivity index (χ1v) is 5.57. The Bertz CT molecular complexity index is 344. The van der Waals surface area contributed by atoms with Gasteiger partial charge in [-0.15, -0.1) is 0 Å². The zero-order valence-corrected chi connectivity index (χ0v) is 9.22. The number of halogens is 1. The fourth-order valence-corrected chi connectivity index (χ4v) is 1.37. The Morgan fingerprint density at radius 2 is 2.07 bits per heavy atom. The molecule has 0 N–H and O–H groups in total. The van der Waals surface area contributed by atoms with Gasteiger partial charge in [0.1, 0.15) is 5.82 Å². The summed E-state index contributed by atoms with van der Waals surface area (Å²) in [5.74, 6) is 5.83. The number of hydrogen-bond acceptors (Lipinski definition) is 0. The molecule has 0 aliphatic heterocycles. The van der Waals surface area contributed by atoms with Crippen LogP contribution in [0.2, 0.25) is 0 Å². The molecule has 0 radical (unpaired) electrons. The topological polar surface area (TPSA) is 0 Å². The van der Waals surface area contributed by atoms with Crippen LogP contribution < -0.4 is 0 Å². The van der Waals surface area contributed by atoms with Crippen molar-refractivity contribution in [1.29, 1.82) is 0 Å². The second-order valence-electron chi connectivity index (χ2n) is 3.62. The molecule has 0 bridgehead atoms. The first-order valence-electron chi connectivity index (χ1n) is 5.57. The number of unbranched alkanes of at least 4 members (excludes halogenated alkanes) is 4. The summed E-state index contributed by atoms with van der Waals surface area (Å²) in [6.45, 7) is 2.19. The standard InChI is InChI=1S/C14H17F/c1-2-3-4-5-6-7-9-13-10-8-11-14(15)12-13/h8,10-12H,2-6H2,1H3. The predicted octanol–water partition coefficient (Wildman–Crippen LogP) is 4.15. The van der Waals surface area contributed by atoms with Gasteiger partial charge in [-0.1, -0.05) is 44.1 Å². The van der Waals surface area contributed by atoms with E-state index in [4.69, 9.17) is 0 Å². The number of hydrogen-bond donors (Lipinski definition) is 0. The van der Waals surface area contributed by atoms with Crippen molar-refractivity contribution in [3.8, 4) is 11.8 Å². The Kier molecular flexibility index (Phi) is 5.55. The molecule has 0 spiro atoms. The first kappa shape index (κ1) is 11.8. The van der Waals surface area contributed by atoms with Crippen LogP contribution in [0.3, 0.4) is 0 Å². The van der Waals surface area contributed by atoms with Crippen LogP contribution in [-0.2, 0) is 0 Å². The molecule has 0 saturated carbocycles. The molecule has 0 atom stereocenters. The predicted molar refractivity (Wildman–Crippen MR) is 62.0 cm³/mol. The lowest BCUT2D eigenvalue weighted by atomic mass is 10.1. The van der Waals surface area contributed by atoms with Crippen molar-refractivity contribution in [2.24, 2.45) is 0 Å². The summed E-state index contributed by atoms with van der Waals surface area (Å²) in [5.41, 5.74) is 0.769. The molecule has 0 fully saturated rings. The molecule has 0 heterocycles. The summed E-state index contributed by atoms with van der Waals surface area (Å²) in [7, 11) is 0. The van der Waals surface area contributed by atoms with Crippen LogP contribution in [0.25, 0.3) is 0 Å². The van der Waals surface area contributed by atoms with Gasteiger partial charge < -0.3 is 0 Å². The fraction of sp³-hybridized carbons (Fsp3) is 0.429. The summed E-state index contributed by atoms with van der Waals surface area (Å²) in [5, 5.41) is 0. The van der Waals surface area contributed by atoms with Crippen LogP contribution in [0.4, 0.5) is 4.39 Å². The Morgan fingerprint density at radius 3 is 2.80 bits per heavy atom. The molecule has 1 heteroatoms. The van der Waals surface area contributed by atoms with E-state index in [1.807, 2.05) is 6.07 Å². The molecule has 1 aromatic rings. The van der Waals surface area contributed by atoms with E-state index < -0.39 is 0 Å². The largest absolute Gasteiger partial charge is 0.207 e. The minimum Gasteiger partial charge on any atom is -0.207 e.